The zero-order valence-corrected chi connectivity index (χ0v) is 64.8. The van der Waals surface area contributed by atoms with Crippen molar-refractivity contribution in [2.24, 2.45) is 23.7 Å². The van der Waals surface area contributed by atoms with Crippen LogP contribution in [0.4, 0.5) is 0 Å². The van der Waals surface area contributed by atoms with Crippen LogP contribution in [-0.4, -0.2) is 96.7 Å². The van der Waals surface area contributed by atoms with E-state index in [2.05, 4.69) is 55.4 Å². The maximum absolute atomic E-state index is 13.1. The molecule has 570 valence electrons. The average Bonchev–Trinajstić information content (AvgIpc) is 1.21. The zero-order valence-electron chi connectivity index (χ0n) is 63.0. The molecule has 0 amide bonds. The predicted octanol–water partition coefficient (Wildman–Crippen LogP) is 22.4. The molecule has 0 aromatic carbocycles. The lowest BCUT2D eigenvalue weighted by Crippen LogP contribution is -2.30. The molecule has 0 aliphatic rings. The summed E-state index contributed by atoms with van der Waals surface area (Å²) in [6.45, 7) is 14.2. The molecule has 3 unspecified atom stereocenters. The highest BCUT2D eigenvalue weighted by molar-refractivity contribution is 7.47. The van der Waals surface area contributed by atoms with Gasteiger partial charge < -0.3 is 33.8 Å². The Morgan fingerprint density at radius 2 is 0.500 bits per heavy atom. The Hall–Kier alpha value is -1.94. The highest BCUT2D eigenvalue weighted by atomic mass is 31.2. The number of aliphatic hydroxyl groups is 1. The van der Waals surface area contributed by atoms with Crippen LogP contribution in [0.1, 0.15) is 389 Å². The molecule has 17 nitrogen and oxygen atoms in total. The molecule has 0 bridgehead atoms. The predicted molar refractivity (Wildman–Crippen MR) is 391 cm³/mol. The van der Waals surface area contributed by atoms with Crippen LogP contribution in [0.25, 0.3) is 0 Å². The fraction of sp³-hybridized carbons (Fsp3) is 0.948. The lowest BCUT2D eigenvalue weighted by Gasteiger charge is -2.21. The summed E-state index contributed by atoms with van der Waals surface area (Å²) in [5.74, 6) is 0.950. The van der Waals surface area contributed by atoms with Crippen molar-refractivity contribution in [3.8, 4) is 0 Å². The molecule has 96 heavy (non-hydrogen) atoms. The van der Waals surface area contributed by atoms with Crippen LogP contribution in [0.3, 0.4) is 0 Å². The molecule has 0 heterocycles. The molecule has 3 N–H and O–H groups in total. The second kappa shape index (κ2) is 66.3. The summed E-state index contributed by atoms with van der Waals surface area (Å²) >= 11 is 0. The van der Waals surface area contributed by atoms with Crippen LogP contribution in [0.15, 0.2) is 0 Å². The summed E-state index contributed by atoms with van der Waals surface area (Å²) < 4.78 is 68.6. The number of esters is 4. The van der Waals surface area contributed by atoms with E-state index in [1.54, 1.807) is 0 Å². The van der Waals surface area contributed by atoms with Crippen LogP contribution in [0, 0.1) is 23.7 Å². The van der Waals surface area contributed by atoms with Gasteiger partial charge in [0.1, 0.15) is 19.3 Å². The molecule has 0 spiro atoms. The highest BCUT2D eigenvalue weighted by Crippen LogP contribution is 2.45. The van der Waals surface area contributed by atoms with Crippen LogP contribution >= 0.6 is 15.6 Å². The summed E-state index contributed by atoms with van der Waals surface area (Å²) in [6, 6.07) is 0. The summed E-state index contributed by atoms with van der Waals surface area (Å²) in [6.07, 6.45) is 51.4. The highest BCUT2D eigenvalue weighted by Gasteiger charge is 2.30. The standard InChI is InChI=1S/C77H150O17P2/c1-9-70(8)56-48-40-31-25-21-22-26-32-41-49-57-74(79)87-63-72(93-76(81)59-51-43-33-27-19-15-11-10-13-17-23-29-37-45-53-67(2)3)65-91-95(83,84)89-61-71(78)62-90-96(85,86)92-66-73(64-88-75(80)58-50-42-36-35-39-47-55-69(6)7)94-77(82)60-52-44-34-28-20-16-12-14-18-24-30-38-46-54-68(4)5/h67-73,78H,9-66H2,1-8H3,(H,83,84)(H,85,86)/t70?,71-,72-,73-/m1/s1. The van der Waals surface area contributed by atoms with Gasteiger partial charge >= 0.3 is 39.5 Å². The van der Waals surface area contributed by atoms with Crippen molar-refractivity contribution < 1.29 is 80.2 Å². The van der Waals surface area contributed by atoms with Gasteiger partial charge in [0.05, 0.1) is 26.4 Å². The number of carbonyl (C=O) groups is 4. The first-order chi connectivity index (χ1) is 46.1. The molecule has 0 aliphatic heterocycles. The first kappa shape index (κ1) is 94.1. The van der Waals surface area contributed by atoms with Crippen LogP contribution < -0.4 is 0 Å². The molecule has 0 aliphatic carbocycles. The van der Waals surface area contributed by atoms with Gasteiger partial charge in [0, 0.05) is 25.7 Å². The Morgan fingerprint density at radius 1 is 0.292 bits per heavy atom. The molecule has 0 saturated carbocycles. The van der Waals surface area contributed by atoms with Gasteiger partial charge in [0.25, 0.3) is 0 Å². The van der Waals surface area contributed by atoms with E-state index < -0.39 is 97.5 Å². The van der Waals surface area contributed by atoms with E-state index in [1.165, 1.54) is 186 Å². The van der Waals surface area contributed by atoms with Crippen molar-refractivity contribution in [1.29, 1.82) is 0 Å². The number of phosphoric ester groups is 2. The minimum Gasteiger partial charge on any atom is -0.462 e. The second-order valence-electron chi connectivity index (χ2n) is 29.4. The molecule has 0 rings (SSSR count). The van der Waals surface area contributed by atoms with Gasteiger partial charge in [-0.3, -0.25) is 37.3 Å². The Kier molecular flexibility index (Phi) is 65.0. The van der Waals surface area contributed by atoms with Gasteiger partial charge in [-0.15, -0.1) is 0 Å². The third kappa shape index (κ3) is 69.2. The quantitative estimate of drug-likeness (QED) is 0.0222. The van der Waals surface area contributed by atoms with Crippen molar-refractivity contribution in [1.82, 2.24) is 0 Å². The van der Waals surface area contributed by atoms with E-state index in [-0.39, 0.29) is 25.7 Å². The van der Waals surface area contributed by atoms with Gasteiger partial charge in [-0.25, -0.2) is 9.13 Å². The third-order valence-electron chi connectivity index (χ3n) is 18.2. The Bertz CT molecular complexity index is 1890. The van der Waals surface area contributed by atoms with Crippen molar-refractivity contribution in [3.05, 3.63) is 0 Å². The molecule has 19 heteroatoms. The summed E-state index contributed by atoms with van der Waals surface area (Å²) in [4.78, 5) is 72.8. The van der Waals surface area contributed by atoms with E-state index in [1.807, 2.05) is 0 Å². The van der Waals surface area contributed by atoms with Gasteiger partial charge in [0.15, 0.2) is 12.2 Å². The van der Waals surface area contributed by atoms with E-state index in [0.717, 1.165) is 114 Å². The topological polar surface area (TPSA) is 237 Å². The largest absolute Gasteiger partial charge is 0.472 e. The van der Waals surface area contributed by atoms with Gasteiger partial charge in [0.2, 0.25) is 0 Å². The third-order valence-corrected chi connectivity index (χ3v) is 20.1. The van der Waals surface area contributed by atoms with Crippen molar-refractivity contribution in [2.75, 3.05) is 39.6 Å². The molecular formula is C77H150O17P2. The van der Waals surface area contributed by atoms with Crippen molar-refractivity contribution in [3.63, 3.8) is 0 Å². The lowest BCUT2D eigenvalue weighted by atomic mass is 9.99. The van der Waals surface area contributed by atoms with Crippen LogP contribution in [0.2, 0.25) is 0 Å². The average molecular weight is 1410 g/mol. The van der Waals surface area contributed by atoms with Crippen LogP contribution in [0.5, 0.6) is 0 Å². The smallest absolute Gasteiger partial charge is 0.462 e. The number of ether oxygens (including phenoxy) is 4. The number of rotatable bonds is 74. The molecule has 0 fully saturated rings. The molecule has 0 aromatic heterocycles. The Labute approximate surface area is 588 Å². The SMILES string of the molecule is CCC(C)CCCCCCCCCCCCC(=O)OC[C@H](COP(=O)(O)OC[C@@H](O)COP(=O)(O)OC[C@@H](COC(=O)CCCCCCCCC(C)C)OC(=O)CCCCCCCCCCCCCCCC(C)C)OC(=O)CCCCCCCCCCCCCCCCC(C)C. The van der Waals surface area contributed by atoms with Crippen molar-refractivity contribution in [2.45, 2.75) is 408 Å². The monoisotopic (exact) mass is 1410 g/mol. The van der Waals surface area contributed by atoms with E-state index in [4.69, 9.17) is 37.0 Å². The normalized spacial score (nSPS) is 14.4. The number of phosphoric acid groups is 2. The van der Waals surface area contributed by atoms with Gasteiger partial charge in [-0.05, 0) is 49.4 Å². The van der Waals surface area contributed by atoms with Crippen molar-refractivity contribution >= 4 is 39.5 Å². The van der Waals surface area contributed by atoms with E-state index in [0.29, 0.717) is 31.6 Å². The number of hydrogen-bond donors (Lipinski definition) is 3. The Morgan fingerprint density at radius 3 is 0.740 bits per heavy atom. The summed E-state index contributed by atoms with van der Waals surface area (Å²) in [5, 5.41) is 10.6. The molecular weight excluding hydrogens is 1260 g/mol. The number of unbranched alkanes of at least 4 members (excludes halogenated alkanes) is 39. The molecule has 0 aromatic rings. The Balaban J connectivity index is 5.24. The second-order valence-corrected chi connectivity index (χ2v) is 32.3. The molecule has 0 saturated heterocycles. The molecule has 6 atom stereocenters. The maximum Gasteiger partial charge on any atom is 0.472 e. The lowest BCUT2D eigenvalue weighted by molar-refractivity contribution is -0.161. The maximum atomic E-state index is 13.1. The first-order valence-electron chi connectivity index (χ1n) is 39.7. The fourth-order valence-corrected chi connectivity index (χ4v) is 13.3. The number of hydrogen-bond acceptors (Lipinski definition) is 15. The minimum absolute atomic E-state index is 0.106. The van der Waals surface area contributed by atoms with Gasteiger partial charge in [-0.1, -0.05) is 338 Å². The number of aliphatic hydroxyl groups excluding tert-OH is 1. The first-order valence-corrected chi connectivity index (χ1v) is 42.7. The van der Waals surface area contributed by atoms with E-state index in [9.17, 15) is 43.2 Å². The minimum atomic E-state index is -4.96. The number of carbonyl (C=O) groups excluding carboxylic acids is 4. The summed E-state index contributed by atoms with van der Waals surface area (Å²) in [5.41, 5.74) is 0. The molecule has 0 radical (unpaired) electrons. The van der Waals surface area contributed by atoms with Gasteiger partial charge in [-0.2, -0.15) is 0 Å². The fourth-order valence-electron chi connectivity index (χ4n) is 11.7. The summed E-state index contributed by atoms with van der Waals surface area (Å²) in [7, 11) is -9.92. The van der Waals surface area contributed by atoms with E-state index >= 15 is 0 Å². The van der Waals surface area contributed by atoms with Crippen LogP contribution in [-0.2, 0) is 65.4 Å². The zero-order chi connectivity index (χ0) is 71.0.